The van der Waals surface area contributed by atoms with Crippen LogP contribution in [0.1, 0.15) is 43.1 Å². The van der Waals surface area contributed by atoms with Crippen LogP contribution in [-0.2, 0) is 0 Å². The second kappa shape index (κ2) is 6.93. The summed E-state index contributed by atoms with van der Waals surface area (Å²) < 4.78 is 0. The van der Waals surface area contributed by atoms with Gasteiger partial charge in [0, 0.05) is 18.3 Å². The number of hydrogen-bond donors (Lipinski definition) is 2. The first kappa shape index (κ1) is 16.0. The Morgan fingerprint density at radius 3 is 2.45 bits per heavy atom. The van der Waals surface area contributed by atoms with Crippen molar-refractivity contribution in [2.45, 2.75) is 40.2 Å². The van der Waals surface area contributed by atoms with Crippen LogP contribution < -0.4 is 5.32 Å². The SMILES string of the molecule is CCC(C)N(CC)C(=O)Nc1ccc(C(=O)O)cc1C. The first-order valence-corrected chi connectivity index (χ1v) is 6.82. The topological polar surface area (TPSA) is 69.6 Å². The summed E-state index contributed by atoms with van der Waals surface area (Å²) in [5, 5.41) is 11.8. The van der Waals surface area contributed by atoms with Gasteiger partial charge in [-0.1, -0.05) is 6.92 Å². The number of nitrogens with one attached hydrogen (secondary N) is 1. The molecule has 2 N–H and O–H groups in total. The highest BCUT2D eigenvalue weighted by atomic mass is 16.4. The van der Waals surface area contributed by atoms with Gasteiger partial charge in [0.15, 0.2) is 0 Å². The summed E-state index contributed by atoms with van der Waals surface area (Å²) in [6.07, 6.45) is 0.887. The molecule has 20 heavy (non-hydrogen) atoms. The molecule has 0 aliphatic rings. The van der Waals surface area contributed by atoms with Gasteiger partial charge >= 0.3 is 12.0 Å². The van der Waals surface area contributed by atoms with Crippen LogP contribution in [0.25, 0.3) is 0 Å². The first-order valence-electron chi connectivity index (χ1n) is 6.82. The predicted molar refractivity (Wildman–Crippen MR) is 79.3 cm³/mol. The molecule has 1 unspecified atom stereocenters. The van der Waals surface area contributed by atoms with E-state index in [0.717, 1.165) is 12.0 Å². The van der Waals surface area contributed by atoms with Gasteiger partial charge in [0.2, 0.25) is 0 Å². The zero-order valence-electron chi connectivity index (χ0n) is 12.4. The van der Waals surface area contributed by atoms with Crippen LogP contribution in [0.2, 0.25) is 0 Å². The maximum Gasteiger partial charge on any atom is 0.335 e. The fourth-order valence-corrected chi connectivity index (χ4v) is 2.00. The number of anilines is 1. The molecule has 1 atom stereocenters. The summed E-state index contributed by atoms with van der Waals surface area (Å²) in [4.78, 5) is 24.8. The number of carbonyl (C=O) groups is 2. The lowest BCUT2D eigenvalue weighted by molar-refractivity contribution is 0.0697. The fourth-order valence-electron chi connectivity index (χ4n) is 2.00. The summed E-state index contributed by atoms with van der Waals surface area (Å²) in [7, 11) is 0. The minimum Gasteiger partial charge on any atom is -0.478 e. The second-order valence-corrected chi connectivity index (χ2v) is 4.81. The number of aromatic carboxylic acids is 1. The molecular weight excluding hydrogens is 256 g/mol. The van der Waals surface area contributed by atoms with Crippen molar-refractivity contribution in [3.8, 4) is 0 Å². The highest BCUT2D eigenvalue weighted by Gasteiger charge is 2.17. The van der Waals surface area contributed by atoms with Crippen LogP contribution >= 0.6 is 0 Å². The van der Waals surface area contributed by atoms with Crippen molar-refractivity contribution in [2.75, 3.05) is 11.9 Å². The zero-order chi connectivity index (χ0) is 15.3. The number of carboxylic acids is 1. The third-order valence-electron chi connectivity index (χ3n) is 3.44. The molecule has 2 amide bonds. The van der Waals surface area contributed by atoms with Gasteiger partial charge in [-0.25, -0.2) is 9.59 Å². The van der Waals surface area contributed by atoms with Crippen molar-refractivity contribution < 1.29 is 14.7 Å². The summed E-state index contributed by atoms with van der Waals surface area (Å²) in [5.41, 5.74) is 1.59. The van der Waals surface area contributed by atoms with Gasteiger partial charge in [-0.15, -0.1) is 0 Å². The average molecular weight is 278 g/mol. The number of benzene rings is 1. The lowest BCUT2D eigenvalue weighted by Crippen LogP contribution is -2.41. The summed E-state index contributed by atoms with van der Waals surface area (Å²) in [6, 6.07) is 4.68. The Morgan fingerprint density at radius 2 is 2.00 bits per heavy atom. The largest absolute Gasteiger partial charge is 0.478 e. The molecule has 0 fully saturated rings. The molecule has 1 aromatic carbocycles. The number of amides is 2. The Bertz CT molecular complexity index is 500. The molecule has 0 radical (unpaired) electrons. The van der Waals surface area contributed by atoms with E-state index >= 15 is 0 Å². The molecule has 5 nitrogen and oxygen atoms in total. The normalized spacial score (nSPS) is 11.8. The highest BCUT2D eigenvalue weighted by Crippen LogP contribution is 2.18. The van der Waals surface area contributed by atoms with Crippen LogP contribution in [-0.4, -0.2) is 34.6 Å². The smallest absolute Gasteiger partial charge is 0.335 e. The predicted octanol–water partition coefficient (Wildman–Crippen LogP) is 3.35. The zero-order valence-corrected chi connectivity index (χ0v) is 12.4. The van der Waals surface area contributed by atoms with E-state index in [2.05, 4.69) is 5.32 Å². The van der Waals surface area contributed by atoms with Gasteiger partial charge < -0.3 is 15.3 Å². The average Bonchev–Trinajstić information content (AvgIpc) is 2.41. The highest BCUT2D eigenvalue weighted by molar-refractivity contribution is 5.92. The number of urea groups is 1. The van der Waals surface area contributed by atoms with Crippen molar-refractivity contribution in [3.05, 3.63) is 29.3 Å². The van der Waals surface area contributed by atoms with Crippen LogP contribution in [0, 0.1) is 6.92 Å². The van der Waals surface area contributed by atoms with Crippen molar-refractivity contribution in [1.29, 1.82) is 0 Å². The van der Waals surface area contributed by atoms with Gasteiger partial charge in [-0.3, -0.25) is 0 Å². The Hall–Kier alpha value is -2.04. The van der Waals surface area contributed by atoms with E-state index in [1.807, 2.05) is 20.8 Å². The van der Waals surface area contributed by atoms with Crippen molar-refractivity contribution >= 4 is 17.7 Å². The van der Waals surface area contributed by atoms with Crippen LogP contribution in [0.5, 0.6) is 0 Å². The number of carbonyl (C=O) groups excluding carboxylic acids is 1. The van der Waals surface area contributed by atoms with Gasteiger partial charge in [0.25, 0.3) is 0 Å². The quantitative estimate of drug-likeness (QED) is 0.867. The second-order valence-electron chi connectivity index (χ2n) is 4.81. The Labute approximate surface area is 119 Å². The molecule has 0 aliphatic carbocycles. The minimum absolute atomic E-state index is 0.159. The van der Waals surface area contributed by atoms with E-state index in [4.69, 9.17) is 5.11 Å². The maximum absolute atomic E-state index is 12.2. The summed E-state index contributed by atoms with van der Waals surface area (Å²) in [6.45, 7) is 8.39. The minimum atomic E-state index is -0.972. The summed E-state index contributed by atoms with van der Waals surface area (Å²) >= 11 is 0. The van der Waals surface area contributed by atoms with E-state index in [-0.39, 0.29) is 17.6 Å². The van der Waals surface area contributed by atoms with Gasteiger partial charge in [0.05, 0.1) is 5.56 Å². The van der Waals surface area contributed by atoms with Crippen molar-refractivity contribution in [1.82, 2.24) is 4.90 Å². The van der Waals surface area contributed by atoms with Gasteiger partial charge in [-0.2, -0.15) is 0 Å². The van der Waals surface area contributed by atoms with Crippen LogP contribution in [0.3, 0.4) is 0 Å². The lowest BCUT2D eigenvalue weighted by atomic mass is 10.1. The number of nitrogens with zero attached hydrogens (tertiary/aromatic N) is 1. The molecule has 0 aromatic heterocycles. The number of carboxylic acid groups (broad SMARTS) is 1. The third kappa shape index (κ3) is 3.73. The first-order chi connectivity index (χ1) is 9.40. The van der Waals surface area contributed by atoms with E-state index in [9.17, 15) is 9.59 Å². The lowest BCUT2D eigenvalue weighted by Gasteiger charge is -2.27. The van der Waals surface area contributed by atoms with E-state index in [1.165, 1.54) is 6.07 Å². The molecule has 0 spiro atoms. The van der Waals surface area contributed by atoms with Gasteiger partial charge in [-0.05, 0) is 51.0 Å². The van der Waals surface area contributed by atoms with Crippen LogP contribution in [0.4, 0.5) is 10.5 Å². The molecule has 0 bridgehead atoms. The van der Waals surface area contributed by atoms with E-state index in [0.29, 0.717) is 12.2 Å². The molecule has 0 saturated heterocycles. The fraction of sp³-hybridized carbons (Fsp3) is 0.467. The van der Waals surface area contributed by atoms with E-state index in [1.54, 1.807) is 24.0 Å². The van der Waals surface area contributed by atoms with Crippen LogP contribution in [0.15, 0.2) is 18.2 Å². The molecule has 5 heteroatoms. The summed E-state index contributed by atoms with van der Waals surface area (Å²) in [5.74, 6) is -0.972. The van der Waals surface area contributed by atoms with Crippen molar-refractivity contribution in [3.63, 3.8) is 0 Å². The number of rotatable bonds is 5. The monoisotopic (exact) mass is 278 g/mol. The molecule has 110 valence electrons. The Balaban J connectivity index is 2.87. The molecule has 1 rings (SSSR count). The molecule has 0 aliphatic heterocycles. The maximum atomic E-state index is 12.2. The Kier molecular flexibility index (Phi) is 5.55. The van der Waals surface area contributed by atoms with Gasteiger partial charge in [0.1, 0.15) is 0 Å². The third-order valence-corrected chi connectivity index (χ3v) is 3.44. The molecule has 0 saturated carbocycles. The number of aryl methyl sites for hydroxylation is 1. The standard InChI is InChI=1S/C15H22N2O3/c1-5-11(4)17(6-2)15(20)16-13-8-7-12(14(18)19)9-10(13)3/h7-9,11H,5-6H2,1-4H3,(H,16,20)(H,18,19). The Morgan fingerprint density at radius 1 is 1.35 bits per heavy atom. The van der Waals surface area contributed by atoms with E-state index < -0.39 is 5.97 Å². The molecule has 0 heterocycles. The number of hydrogen-bond acceptors (Lipinski definition) is 2. The van der Waals surface area contributed by atoms with Crippen molar-refractivity contribution in [2.24, 2.45) is 0 Å². The molecule has 1 aromatic rings. The molecular formula is C15H22N2O3.